The molecule has 0 aromatic heterocycles. The van der Waals surface area contributed by atoms with Gasteiger partial charge in [0, 0.05) is 27.1 Å². The van der Waals surface area contributed by atoms with Gasteiger partial charge in [-0.05, 0) is 243 Å². The maximum atomic E-state index is 2.42. The van der Waals surface area contributed by atoms with Crippen molar-refractivity contribution in [3.63, 3.8) is 0 Å². The van der Waals surface area contributed by atoms with Crippen molar-refractivity contribution in [2.45, 2.75) is 336 Å². The Labute approximate surface area is 912 Å². The van der Waals surface area contributed by atoms with E-state index in [9.17, 15) is 0 Å². The topological polar surface area (TPSA) is 0 Å². The van der Waals surface area contributed by atoms with Crippen molar-refractivity contribution in [1.82, 2.24) is 0 Å². The molecule has 0 amide bonds. The minimum absolute atomic E-state index is 0.0495. The van der Waals surface area contributed by atoms with E-state index in [0.29, 0.717) is 0 Å². The molecule has 0 unspecified atom stereocenters. The zero-order valence-corrected chi connectivity index (χ0v) is 101. The normalized spacial score (nSPS) is 12.4. The molecule has 25 rings (SSSR count). The maximum Gasteiger partial charge on any atom is 0.0165 e. The Bertz CT molecular complexity index is 7470. The highest BCUT2D eigenvalue weighted by atomic mass is 14.4. The number of benzene rings is 20. The van der Waals surface area contributed by atoms with Gasteiger partial charge in [-0.15, -0.1) is 0 Å². The molecule has 0 heteroatoms. The highest BCUT2D eigenvalue weighted by Crippen LogP contribution is 2.57. The van der Waals surface area contributed by atoms with Crippen LogP contribution in [0, 0.1) is 0 Å². The van der Waals surface area contributed by atoms with Gasteiger partial charge in [0.05, 0.1) is 0 Å². The fourth-order valence-electron chi connectivity index (χ4n) is 21.4. The molecule has 0 heterocycles. The van der Waals surface area contributed by atoms with Crippen LogP contribution in [0.4, 0.5) is 0 Å². The molecule has 5 aliphatic rings. The van der Waals surface area contributed by atoms with Crippen LogP contribution in [-0.4, -0.2) is 0 Å². The Hall–Kier alpha value is -13.0. The smallest absolute Gasteiger partial charge is 0.0165 e. The molecule has 0 nitrogen and oxygen atoms in total. The zero-order chi connectivity index (χ0) is 112. The first-order valence-electron chi connectivity index (χ1n) is 58.2. The second-order valence-electron chi connectivity index (χ2n) is 38.8. The average Bonchev–Trinajstić information content (AvgIpc) is 1.58. The quantitative estimate of drug-likeness (QED) is 0.133. The number of rotatable bonds is 0. The lowest BCUT2D eigenvalue weighted by Gasteiger charge is -2.23. The van der Waals surface area contributed by atoms with Gasteiger partial charge >= 0.3 is 0 Å². The van der Waals surface area contributed by atoms with Gasteiger partial charge < -0.3 is 0 Å². The van der Waals surface area contributed by atoms with E-state index in [1.54, 1.807) is 0 Å². The molecule has 0 N–H and O–H groups in total. The van der Waals surface area contributed by atoms with Crippen LogP contribution in [0.2, 0.25) is 0 Å². The Kier molecular flexibility index (Phi) is 50.9. The third-order valence-corrected chi connectivity index (χ3v) is 27.3. The molecule has 0 radical (unpaired) electrons. The Morgan fingerprint density at radius 3 is 0.773 bits per heavy atom. The van der Waals surface area contributed by atoms with Gasteiger partial charge in [-0.2, -0.15) is 0 Å². The minimum atomic E-state index is 0.0495. The second kappa shape index (κ2) is 60.7. The van der Waals surface area contributed by atoms with Crippen LogP contribution in [0.1, 0.15) is 365 Å². The molecule has 20 aromatic carbocycles. The summed E-state index contributed by atoms with van der Waals surface area (Å²) in [5.41, 5.74) is 28.8. The first kappa shape index (κ1) is 126. The van der Waals surface area contributed by atoms with Gasteiger partial charge in [-0.1, -0.05) is 649 Å². The number of fused-ring (bicyclic) bond motifs is 33. The van der Waals surface area contributed by atoms with Crippen LogP contribution in [0.3, 0.4) is 0 Å². The molecule has 0 fully saturated rings. The third kappa shape index (κ3) is 26.1. The summed E-state index contributed by atoms with van der Waals surface area (Å²) < 4.78 is 0. The van der Waals surface area contributed by atoms with Crippen molar-refractivity contribution in [2.75, 3.05) is 0 Å². The predicted octanol–water partition coefficient (Wildman–Crippen LogP) is 48.8. The monoisotopic (exact) mass is 1990 g/mol. The van der Waals surface area contributed by atoms with Gasteiger partial charge in [0.2, 0.25) is 0 Å². The molecule has 20 aromatic rings. The fourth-order valence-corrected chi connectivity index (χ4v) is 21.4. The van der Waals surface area contributed by atoms with Gasteiger partial charge in [0.25, 0.3) is 0 Å². The summed E-state index contributed by atoms with van der Waals surface area (Å²) in [5.74, 6) is 0. The molecule has 150 heavy (non-hydrogen) atoms. The molecule has 0 saturated carbocycles. The summed E-state index contributed by atoms with van der Waals surface area (Å²) in [6.07, 6.45) is 6.25. The first-order chi connectivity index (χ1) is 72.9. The van der Waals surface area contributed by atoms with Crippen LogP contribution in [0.5, 0.6) is 0 Å². The van der Waals surface area contributed by atoms with E-state index in [0.717, 1.165) is 0 Å². The molecule has 0 atom stereocenters. The van der Waals surface area contributed by atoms with Crippen molar-refractivity contribution in [3.8, 4) is 55.6 Å². The molecule has 0 aliphatic heterocycles. The Morgan fingerprint density at radius 1 is 0.133 bits per heavy atom. The van der Waals surface area contributed by atoms with Crippen molar-refractivity contribution >= 4 is 108 Å². The van der Waals surface area contributed by atoms with Crippen molar-refractivity contribution in [3.05, 3.63) is 420 Å². The molecular formula is C150H190. The van der Waals surface area contributed by atoms with E-state index in [4.69, 9.17) is 0 Å². The van der Waals surface area contributed by atoms with E-state index < -0.39 is 0 Å². The number of hydrogen-bond acceptors (Lipinski definition) is 0. The molecule has 790 valence electrons. The summed E-state index contributed by atoms with van der Waals surface area (Å²) in [6, 6.07) is 134. The fraction of sp³-hybridized carbons (Fsp3) is 0.333. The van der Waals surface area contributed by atoms with Crippen LogP contribution < -0.4 is 0 Å². The summed E-state index contributed by atoms with van der Waals surface area (Å²) in [6.45, 7) is 84.7. The molecular weight excluding hydrogens is 1800 g/mol. The van der Waals surface area contributed by atoms with Crippen LogP contribution in [0.25, 0.3) is 163 Å². The highest BCUT2D eigenvalue weighted by molar-refractivity contribution is 6.19. The van der Waals surface area contributed by atoms with E-state index >= 15 is 0 Å². The zero-order valence-electron chi connectivity index (χ0n) is 101. The Morgan fingerprint density at radius 2 is 0.367 bits per heavy atom. The maximum absolute atomic E-state index is 2.42. The van der Waals surface area contributed by atoms with Crippen molar-refractivity contribution in [2.24, 2.45) is 0 Å². The summed E-state index contributed by atoms with van der Waals surface area (Å²) in [5, 5.41) is 26.9. The van der Waals surface area contributed by atoms with Crippen LogP contribution >= 0.6 is 0 Å². The molecule has 0 bridgehead atoms. The molecule has 0 saturated heterocycles. The lowest BCUT2D eigenvalue weighted by molar-refractivity contribution is 0.660. The largest absolute Gasteiger partial charge is 0.0683 e. The minimum Gasteiger partial charge on any atom is -0.0683 e. The van der Waals surface area contributed by atoms with Gasteiger partial charge in [0.1, 0.15) is 0 Å². The van der Waals surface area contributed by atoms with E-state index in [1.807, 2.05) is 138 Å². The lowest BCUT2D eigenvalue weighted by Crippen LogP contribution is -2.15. The second-order valence-corrected chi connectivity index (χ2v) is 38.8. The standard InChI is InChI=1S/5C23H18.5C3H8.10C2H6/c1-23(2)21-10-6-5-9-18(21)20-14-19-16(13-22(20)23)12-11-15-7-3-4-8-17(15)19;1-23(2)21-10-6-5-9-18(21)20-13-16-12-11-15-7-3-4-8-17(15)19(16)14-22(20)23;1-23(2)19-10-6-5-9-18(19)22-20(23)14-13-16-12-11-15-7-3-4-8-17(15)21(16)22;1-23(2)20-10-6-5-9-19(20)22-18-12-11-15-7-3-4-8-16(15)17(18)13-14-21(22)23;1-23(2)21-10-6-5-9-18(21)20-14-13-17-16-8-4-3-7-15(16)11-12-19(17)22(20)23;5*1-3-2;10*1-2/h5*3-14H,1-2H3;5*3H2,1-2H3;10*1-2H3. The number of hydrogen-bond donors (Lipinski definition) is 0. The van der Waals surface area contributed by atoms with Crippen molar-refractivity contribution < 1.29 is 0 Å². The van der Waals surface area contributed by atoms with Gasteiger partial charge in [-0.3, -0.25) is 0 Å². The van der Waals surface area contributed by atoms with E-state index in [1.165, 1.54) is 251 Å². The lowest BCUT2D eigenvalue weighted by atomic mass is 9.80. The summed E-state index contributed by atoms with van der Waals surface area (Å²) in [4.78, 5) is 0. The average molecular weight is 1990 g/mol. The predicted molar refractivity (Wildman–Crippen MR) is 688 cm³/mol. The molecule has 5 aliphatic carbocycles. The van der Waals surface area contributed by atoms with Gasteiger partial charge in [-0.25, -0.2) is 0 Å². The van der Waals surface area contributed by atoms with E-state index in [2.05, 4.69) is 502 Å². The summed E-state index contributed by atoms with van der Waals surface area (Å²) in [7, 11) is 0. The van der Waals surface area contributed by atoms with E-state index in [-0.39, 0.29) is 27.1 Å². The third-order valence-electron chi connectivity index (χ3n) is 27.3. The van der Waals surface area contributed by atoms with Crippen LogP contribution in [-0.2, 0) is 27.1 Å². The highest BCUT2D eigenvalue weighted by Gasteiger charge is 2.41. The Balaban J connectivity index is 0.000000265. The molecule has 0 spiro atoms. The van der Waals surface area contributed by atoms with Gasteiger partial charge in [0.15, 0.2) is 0 Å². The summed E-state index contributed by atoms with van der Waals surface area (Å²) >= 11 is 0. The SMILES string of the molecule is CC.CC.CC.CC.CC.CC.CC.CC.CC.CC.CC1(C)c2ccccc2-c2c1ccc1c2ccc2ccccc21.CC1(C)c2ccccc2-c2c1ccc1ccc3ccccc3c21.CC1(C)c2ccccc2-c2cc3c(ccc4ccccc43)cc21.CC1(C)c2ccccc2-c2cc3ccc4ccccc4c3cc21.CC1(C)c2ccccc2-c2ccc3c(ccc4ccccc43)c21.CCC.CCC.CCC.CCC.CCC. The van der Waals surface area contributed by atoms with Crippen LogP contribution in [0.15, 0.2) is 364 Å². The van der Waals surface area contributed by atoms with Crippen molar-refractivity contribution in [1.29, 1.82) is 0 Å². The first-order valence-corrected chi connectivity index (χ1v) is 58.2.